The molecule has 30 heteroatoms. The molecular formula is C71H154B6N8O16. The Labute approximate surface area is 618 Å². The van der Waals surface area contributed by atoms with Gasteiger partial charge >= 0.3 is 48.3 Å². The van der Waals surface area contributed by atoms with Crippen molar-refractivity contribution in [1.82, 2.24) is 39.5 Å². The van der Waals surface area contributed by atoms with E-state index in [4.69, 9.17) is 34.4 Å². The van der Waals surface area contributed by atoms with Gasteiger partial charge < -0.3 is 89.7 Å². The molecule has 101 heavy (non-hydrogen) atoms. The van der Waals surface area contributed by atoms with Crippen molar-refractivity contribution in [3.8, 4) is 0 Å². The first-order valence-corrected chi connectivity index (χ1v) is 39.4. The van der Waals surface area contributed by atoms with Gasteiger partial charge in [-0.05, 0) is 203 Å². The quantitative estimate of drug-likeness (QED) is 0.0153. The molecule has 0 aliphatic heterocycles. The molecule has 24 nitrogen and oxygen atoms in total. The number of carbonyl (C=O) groups excluding carboxylic acids is 3. The van der Waals surface area contributed by atoms with Crippen LogP contribution in [0, 0.1) is 11.8 Å². The molecule has 592 valence electrons. The van der Waals surface area contributed by atoms with Crippen molar-refractivity contribution < 1.29 is 79.0 Å². The van der Waals surface area contributed by atoms with E-state index in [1.807, 2.05) is 37.4 Å². The van der Waals surface area contributed by atoms with E-state index < -0.39 is 60.2 Å². The maximum Gasteiger partial charge on any atom is 0.376 e. The monoisotopic (exact) mass is 1440 g/mol. The zero-order valence-corrected chi connectivity index (χ0v) is 67.1. The molecule has 11 N–H and O–H groups in total. The minimum atomic E-state index is -0.833. The number of aliphatic carboxylic acids is 3. The van der Waals surface area contributed by atoms with Gasteiger partial charge in [-0.25, -0.2) is 0 Å². The highest BCUT2D eigenvalue weighted by Gasteiger charge is 2.26. The zero-order valence-electron chi connectivity index (χ0n) is 67.1. The van der Waals surface area contributed by atoms with E-state index in [2.05, 4.69) is 43.7 Å². The molecule has 0 rings (SSSR count). The van der Waals surface area contributed by atoms with Gasteiger partial charge in [0.2, 0.25) is 11.8 Å². The number of ether oxygens (including phenoxy) is 1. The van der Waals surface area contributed by atoms with Gasteiger partial charge in [-0.1, -0.05) is 162 Å². The highest BCUT2D eigenvalue weighted by molar-refractivity contribution is 6.46. The lowest BCUT2D eigenvalue weighted by Crippen LogP contribution is -2.47. The maximum atomic E-state index is 11.9. The summed E-state index contributed by atoms with van der Waals surface area (Å²) < 4.78 is 5.00. The van der Waals surface area contributed by atoms with Crippen LogP contribution in [0.4, 0.5) is 0 Å². The Morgan fingerprint density at radius 3 is 0.950 bits per heavy atom. The molecule has 0 saturated carbocycles. The Kier molecular flexibility index (Phi) is 80.4. The van der Waals surface area contributed by atoms with Crippen LogP contribution in [-0.2, 0) is 33.5 Å². The van der Waals surface area contributed by atoms with Crippen LogP contribution in [0.15, 0.2) is 0 Å². The molecule has 0 unspecified atom stereocenters. The molecule has 0 radical (unpaired) electrons. The van der Waals surface area contributed by atoms with Crippen molar-refractivity contribution in [3.63, 3.8) is 0 Å². The summed E-state index contributed by atoms with van der Waals surface area (Å²) in [6.07, 6.45) is 41.9. The molecule has 0 bridgehead atoms. The molecule has 0 fully saturated rings. The summed E-state index contributed by atoms with van der Waals surface area (Å²) in [6.45, 7) is 30.7. The number of carboxylic acid groups (broad SMARTS) is 3. The maximum absolute atomic E-state index is 11.9. The highest BCUT2D eigenvalue weighted by Crippen LogP contribution is 2.19. The van der Waals surface area contributed by atoms with Crippen molar-refractivity contribution in [2.75, 3.05) is 99.2 Å². The normalized spacial score (nSPS) is 11.3. The molecule has 0 aliphatic rings. The molecular weight excluding hydrogens is 1290 g/mol. The summed E-state index contributed by atoms with van der Waals surface area (Å²) in [6, 6.07) is 0. The number of carboxylic acids is 3. The molecule has 2 amide bonds. The van der Waals surface area contributed by atoms with Crippen LogP contribution >= 0.6 is 0 Å². The topological polar surface area (TPSA) is 337 Å². The van der Waals surface area contributed by atoms with E-state index in [1.54, 1.807) is 34.2 Å². The van der Waals surface area contributed by atoms with Crippen LogP contribution < -0.4 is 10.6 Å². The van der Waals surface area contributed by atoms with Crippen molar-refractivity contribution >= 4 is 78.0 Å². The third-order valence-electron chi connectivity index (χ3n) is 17.8. The third-order valence-corrected chi connectivity index (χ3v) is 17.8. The van der Waals surface area contributed by atoms with Gasteiger partial charge in [-0.3, -0.25) is 28.8 Å². The summed E-state index contributed by atoms with van der Waals surface area (Å²) in [4.78, 5) is 73.1. The SMILES string of the molecule is CB(O)N(C)CCCN(CCCCN(CC(CCCCCCNC(C)=O)CN(CCCCN(CCCN(C)B(C)O)B(C)O)B(C)O)B(C)O)B(C)O.CC(=O)O.CC(=O)O.CC(=O)O.CCCCCCCCCCCCCCCCCCCCCCCNC(=O)CCC[C@H](C)COC(C)=O. The number of amides is 2. The van der Waals surface area contributed by atoms with E-state index in [0.29, 0.717) is 25.5 Å². The second-order valence-electron chi connectivity index (χ2n) is 28.3. The molecule has 0 spiro atoms. The lowest BCUT2D eigenvalue weighted by atomic mass is 9.80. The zero-order chi connectivity index (χ0) is 77.6. The lowest BCUT2D eigenvalue weighted by molar-refractivity contribution is -0.142. The fraction of sp³-hybridized carbons (Fsp3) is 0.915. The summed E-state index contributed by atoms with van der Waals surface area (Å²) in [7, 11) is 0.479. The van der Waals surface area contributed by atoms with E-state index in [1.165, 1.54) is 135 Å². The van der Waals surface area contributed by atoms with E-state index in [9.17, 15) is 44.5 Å². The van der Waals surface area contributed by atoms with Crippen LogP contribution in [0.25, 0.3) is 0 Å². The van der Waals surface area contributed by atoms with Crippen LogP contribution in [0.1, 0.15) is 273 Å². The van der Waals surface area contributed by atoms with E-state index in [0.717, 1.165) is 183 Å². The average molecular weight is 1440 g/mol. The van der Waals surface area contributed by atoms with Crippen molar-refractivity contribution in [1.29, 1.82) is 0 Å². The number of nitrogens with zero attached hydrogens (tertiary/aromatic N) is 6. The number of hydrogen-bond donors (Lipinski definition) is 11. The summed E-state index contributed by atoms with van der Waals surface area (Å²) >= 11 is 0. The number of nitrogens with one attached hydrogen (secondary N) is 2. The first-order valence-electron chi connectivity index (χ1n) is 39.4. The van der Waals surface area contributed by atoms with Gasteiger partial charge in [0.15, 0.2) is 0 Å². The van der Waals surface area contributed by atoms with Crippen LogP contribution in [0.2, 0.25) is 40.9 Å². The molecule has 0 aromatic rings. The Hall–Kier alpha value is -3.27. The van der Waals surface area contributed by atoms with Gasteiger partial charge in [0, 0.05) is 54.1 Å². The van der Waals surface area contributed by atoms with Crippen LogP contribution in [0.3, 0.4) is 0 Å². The highest BCUT2D eigenvalue weighted by atomic mass is 16.5. The number of unbranched alkanes of at least 4 members (excludes halogenated alkanes) is 25. The fourth-order valence-corrected chi connectivity index (χ4v) is 11.4. The average Bonchev–Trinajstić information content (AvgIpc) is 0.907. The summed E-state index contributed by atoms with van der Waals surface area (Å²) in [5.41, 5.74) is 0. The molecule has 0 saturated heterocycles. The first kappa shape index (κ1) is 106. The minimum absolute atomic E-state index is 0.000234. The Bertz CT molecular complexity index is 1810. The van der Waals surface area contributed by atoms with Crippen molar-refractivity contribution in [2.24, 2.45) is 11.8 Å². The third kappa shape index (κ3) is 87.3. The van der Waals surface area contributed by atoms with Crippen LogP contribution in [-0.4, -0.2) is 252 Å². The molecule has 0 heterocycles. The Morgan fingerprint density at radius 2 is 0.653 bits per heavy atom. The predicted molar refractivity (Wildman–Crippen MR) is 423 cm³/mol. The van der Waals surface area contributed by atoms with E-state index in [-0.39, 0.29) is 23.7 Å². The molecule has 0 aromatic heterocycles. The summed E-state index contributed by atoms with van der Waals surface area (Å²) in [5.74, 6) is -2.02. The largest absolute Gasteiger partial charge is 0.481 e. The van der Waals surface area contributed by atoms with E-state index >= 15 is 0 Å². The number of hydrogen-bond acceptors (Lipinski definition) is 19. The predicted octanol–water partition coefficient (Wildman–Crippen LogP) is 10.7. The molecule has 1 atom stereocenters. The molecule has 0 aromatic carbocycles. The van der Waals surface area contributed by atoms with Crippen LogP contribution in [0.5, 0.6) is 0 Å². The van der Waals surface area contributed by atoms with Crippen molar-refractivity contribution in [2.45, 2.75) is 314 Å². The standard InChI is InChI=1S/C33H79B6N7O7.C32H63NO3.3C2H4O2/c1-32(47)40-21-13-11-10-12-20-33(30-45(38(6)52)26-16-14-24-43(36(4)50)28-18-22-41(8)34(2)48)31-46(39(7)53)27-17-15-25-44(37(5)51)29-19-23-42(9)35(3)49;1-4-5-6-7-8-9-10-11-12-13-14-15-16-17-18-19-20-21-22-23-24-28-33-32(35)27-25-26-30(2)29-36-31(3)34;3*1-2(3)4/h33,48-53H,10-31H2,1-9H3,(H,40,47);30H,4-29H2,1-3H3,(H,33,35);3*1H3,(H,3,4)/t;30-;;;/m.0.../s1. The number of carbonyl (C=O) groups is 6. The first-order chi connectivity index (χ1) is 47.7. The second kappa shape index (κ2) is 76.4. The van der Waals surface area contributed by atoms with Gasteiger partial charge in [-0.15, -0.1) is 0 Å². The van der Waals surface area contributed by atoms with Gasteiger partial charge in [-0.2, -0.15) is 0 Å². The Morgan fingerprint density at radius 1 is 0.366 bits per heavy atom. The minimum Gasteiger partial charge on any atom is -0.481 e. The van der Waals surface area contributed by atoms with Gasteiger partial charge in [0.05, 0.1) is 6.61 Å². The smallest absolute Gasteiger partial charge is 0.376 e. The number of rotatable bonds is 63. The molecule has 0 aliphatic carbocycles. The summed E-state index contributed by atoms with van der Waals surface area (Å²) in [5, 5.41) is 90.0. The van der Waals surface area contributed by atoms with Gasteiger partial charge in [0.1, 0.15) is 0 Å². The fourth-order valence-electron chi connectivity index (χ4n) is 11.4. The lowest BCUT2D eigenvalue weighted by Gasteiger charge is -2.33. The van der Waals surface area contributed by atoms with Crippen molar-refractivity contribution in [3.05, 3.63) is 0 Å². The Balaban J connectivity index is -0.000000549. The number of esters is 1. The van der Waals surface area contributed by atoms with Gasteiger partial charge in [0.25, 0.3) is 17.9 Å². The second-order valence-corrected chi connectivity index (χ2v) is 28.3.